The van der Waals surface area contributed by atoms with Gasteiger partial charge in [0.15, 0.2) is 0 Å². The lowest BCUT2D eigenvalue weighted by molar-refractivity contribution is 0.211. The molecule has 1 unspecified atom stereocenters. The number of halogens is 1. The van der Waals surface area contributed by atoms with E-state index in [9.17, 15) is 5.11 Å². The zero-order valence-electron chi connectivity index (χ0n) is 11.1. The average molecular weight is 321 g/mol. The molecule has 19 heavy (non-hydrogen) atoms. The van der Waals surface area contributed by atoms with Crippen LogP contribution in [0.4, 0.5) is 0 Å². The van der Waals surface area contributed by atoms with E-state index >= 15 is 0 Å². The zero-order chi connectivity index (χ0) is 13.8. The van der Waals surface area contributed by atoms with Gasteiger partial charge < -0.3 is 9.84 Å². The third-order valence-electron chi connectivity index (χ3n) is 2.96. The van der Waals surface area contributed by atoms with E-state index < -0.39 is 6.10 Å². The van der Waals surface area contributed by atoms with Crippen LogP contribution in [0.2, 0.25) is 0 Å². The smallest absolute Gasteiger partial charge is 0.125 e. The molecule has 0 heterocycles. The summed E-state index contributed by atoms with van der Waals surface area (Å²) in [6.07, 6.45) is -0.697. The Kier molecular flexibility index (Phi) is 4.61. The number of hydrogen-bond acceptors (Lipinski definition) is 2. The molecule has 0 aliphatic carbocycles. The van der Waals surface area contributed by atoms with Crippen LogP contribution < -0.4 is 4.74 Å². The van der Waals surface area contributed by atoms with Gasteiger partial charge in [-0.2, -0.15) is 0 Å². The third kappa shape index (κ3) is 3.17. The Morgan fingerprint density at radius 3 is 2.58 bits per heavy atom. The molecule has 2 rings (SSSR count). The van der Waals surface area contributed by atoms with E-state index in [0.29, 0.717) is 6.61 Å². The van der Waals surface area contributed by atoms with E-state index in [0.717, 1.165) is 26.9 Å². The number of aliphatic hydroxyl groups excluding tert-OH is 1. The first-order valence-corrected chi connectivity index (χ1v) is 7.08. The van der Waals surface area contributed by atoms with E-state index in [4.69, 9.17) is 4.74 Å². The van der Waals surface area contributed by atoms with Crippen molar-refractivity contribution in [3.05, 3.63) is 63.6 Å². The molecule has 1 atom stereocenters. The highest BCUT2D eigenvalue weighted by atomic mass is 79.9. The van der Waals surface area contributed by atoms with Gasteiger partial charge in [0.1, 0.15) is 11.9 Å². The highest BCUT2D eigenvalue weighted by Gasteiger charge is 2.17. The van der Waals surface area contributed by atoms with Crippen molar-refractivity contribution in [2.45, 2.75) is 20.0 Å². The molecule has 0 bridgehead atoms. The van der Waals surface area contributed by atoms with Gasteiger partial charge >= 0.3 is 0 Å². The molecule has 0 aliphatic heterocycles. The highest BCUT2D eigenvalue weighted by molar-refractivity contribution is 9.10. The largest absolute Gasteiger partial charge is 0.493 e. The molecule has 100 valence electrons. The zero-order valence-corrected chi connectivity index (χ0v) is 12.6. The summed E-state index contributed by atoms with van der Waals surface area (Å²) in [5.41, 5.74) is 2.74. The van der Waals surface area contributed by atoms with Crippen molar-refractivity contribution < 1.29 is 9.84 Å². The van der Waals surface area contributed by atoms with Gasteiger partial charge in [0.05, 0.1) is 6.61 Å². The van der Waals surface area contributed by atoms with Crippen LogP contribution in [-0.4, -0.2) is 11.7 Å². The number of aliphatic hydroxyl groups is 1. The van der Waals surface area contributed by atoms with Crippen LogP contribution in [-0.2, 0) is 0 Å². The summed E-state index contributed by atoms with van der Waals surface area (Å²) in [7, 11) is 0. The first kappa shape index (κ1) is 14.1. The lowest BCUT2D eigenvalue weighted by atomic mass is 9.99. The Morgan fingerprint density at radius 1 is 1.16 bits per heavy atom. The van der Waals surface area contributed by atoms with E-state index in [-0.39, 0.29) is 0 Å². The molecule has 0 fully saturated rings. The Morgan fingerprint density at radius 2 is 1.89 bits per heavy atom. The minimum atomic E-state index is -0.697. The highest BCUT2D eigenvalue weighted by Crippen LogP contribution is 2.34. The second kappa shape index (κ2) is 6.22. The molecule has 0 aliphatic rings. The average Bonchev–Trinajstić information content (AvgIpc) is 2.41. The molecule has 0 aromatic heterocycles. The van der Waals surface area contributed by atoms with E-state index in [1.165, 1.54) is 0 Å². The summed E-state index contributed by atoms with van der Waals surface area (Å²) in [6.45, 7) is 4.53. The summed E-state index contributed by atoms with van der Waals surface area (Å²) in [5, 5.41) is 10.6. The Hall–Kier alpha value is -1.32. The van der Waals surface area contributed by atoms with Gasteiger partial charge in [0.25, 0.3) is 0 Å². The molecule has 0 saturated heterocycles. The lowest BCUT2D eigenvalue weighted by Crippen LogP contribution is -2.05. The molecular weight excluding hydrogens is 304 g/mol. The normalized spacial score (nSPS) is 12.2. The molecule has 0 radical (unpaired) electrons. The number of rotatable bonds is 4. The van der Waals surface area contributed by atoms with Gasteiger partial charge in [-0.05, 0) is 37.6 Å². The maximum absolute atomic E-state index is 10.6. The first-order chi connectivity index (χ1) is 9.13. The van der Waals surface area contributed by atoms with Crippen LogP contribution in [0.1, 0.15) is 29.7 Å². The Labute approximate surface area is 122 Å². The molecule has 1 N–H and O–H groups in total. The van der Waals surface area contributed by atoms with E-state index in [2.05, 4.69) is 15.9 Å². The fourth-order valence-electron chi connectivity index (χ4n) is 2.03. The Bertz CT molecular complexity index is 566. The van der Waals surface area contributed by atoms with E-state index in [1.54, 1.807) is 0 Å². The monoisotopic (exact) mass is 320 g/mol. The van der Waals surface area contributed by atoms with Crippen molar-refractivity contribution >= 4 is 15.9 Å². The molecular formula is C16H17BrO2. The number of benzene rings is 2. The van der Waals surface area contributed by atoms with Crippen LogP contribution in [0.5, 0.6) is 5.75 Å². The van der Waals surface area contributed by atoms with Gasteiger partial charge in [0, 0.05) is 10.0 Å². The standard InChI is InChI=1S/C16H17BrO2/c1-3-19-15-9-8-11(2)10-13(15)16(18)12-6-4-5-7-14(12)17/h4-10,16,18H,3H2,1-2H3. The summed E-state index contributed by atoms with van der Waals surface area (Å²) in [6, 6.07) is 13.5. The molecule has 0 amide bonds. The van der Waals surface area contributed by atoms with Gasteiger partial charge in [-0.15, -0.1) is 0 Å². The second-order valence-electron chi connectivity index (χ2n) is 4.40. The topological polar surface area (TPSA) is 29.5 Å². The maximum Gasteiger partial charge on any atom is 0.125 e. The number of ether oxygens (including phenoxy) is 1. The molecule has 2 nitrogen and oxygen atoms in total. The summed E-state index contributed by atoms with van der Waals surface area (Å²) >= 11 is 3.48. The molecule has 2 aromatic carbocycles. The van der Waals surface area contributed by atoms with Gasteiger partial charge in [-0.3, -0.25) is 0 Å². The second-order valence-corrected chi connectivity index (χ2v) is 5.25. The van der Waals surface area contributed by atoms with Crippen LogP contribution in [0, 0.1) is 6.92 Å². The van der Waals surface area contributed by atoms with Crippen molar-refractivity contribution in [2.75, 3.05) is 6.61 Å². The third-order valence-corrected chi connectivity index (χ3v) is 3.68. The van der Waals surface area contributed by atoms with Crippen LogP contribution in [0.25, 0.3) is 0 Å². The van der Waals surface area contributed by atoms with Crippen molar-refractivity contribution in [1.29, 1.82) is 0 Å². The van der Waals surface area contributed by atoms with Crippen molar-refractivity contribution in [3.8, 4) is 5.75 Å². The van der Waals surface area contributed by atoms with Crippen molar-refractivity contribution in [2.24, 2.45) is 0 Å². The lowest BCUT2D eigenvalue weighted by Gasteiger charge is -2.18. The molecule has 0 spiro atoms. The maximum atomic E-state index is 10.6. The summed E-state index contributed by atoms with van der Waals surface area (Å²) in [4.78, 5) is 0. The predicted octanol–water partition coefficient (Wildman–Crippen LogP) is 4.24. The summed E-state index contributed by atoms with van der Waals surface area (Å²) in [5.74, 6) is 0.733. The minimum Gasteiger partial charge on any atom is -0.493 e. The number of hydrogen-bond donors (Lipinski definition) is 1. The van der Waals surface area contributed by atoms with Crippen LogP contribution in [0.15, 0.2) is 46.9 Å². The fraction of sp³-hybridized carbons (Fsp3) is 0.250. The van der Waals surface area contributed by atoms with Crippen molar-refractivity contribution in [3.63, 3.8) is 0 Å². The molecule has 2 aromatic rings. The van der Waals surface area contributed by atoms with Crippen LogP contribution in [0.3, 0.4) is 0 Å². The number of aryl methyl sites for hydroxylation is 1. The molecule has 0 saturated carbocycles. The molecule has 3 heteroatoms. The van der Waals surface area contributed by atoms with Crippen LogP contribution >= 0.6 is 15.9 Å². The Balaban J connectivity index is 2.45. The first-order valence-electron chi connectivity index (χ1n) is 6.29. The van der Waals surface area contributed by atoms with Gasteiger partial charge in [-0.25, -0.2) is 0 Å². The van der Waals surface area contributed by atoms with Gasteiger partial charge in [0.2, 0.25) is 0 Å². The van der Waals surface area contributed by atoms with Crippen molar-refractivity contribution in [1.82, 2.24) is 0 Å². The minimum absolute atomic E-state index is 0.582. The SMILES string of the molecule is CCOc1ccc(C)cc1C(O)c1ccccc1Br. The van der Waals surface area contributed by atoms with E-state index in [1.807, 2.05) is 56.3 Å². The predicted molar refractivity (Wildman–Crippen MR) is 80.6 cm³/mol. The van der Waals surface area contributed by atoms with Gasteiger partial charge in [-0.1, -0.05) is 45.8 Å². The summed E-state index contributed by atoms with van der Waals surface area (Å²) < 4.78 is 6.49. The fourth-order valence-corrected chi connectivity index (χ4v) is 2.53. The quantitative estimate of drug-likeness (QED) is 0.913.